The van der Waals surface area contributed by atoms with Crippen LogP contribution in [0.4, 0.5) is 51.2 Å². The Kier molecular flexibility index (Phi) is 10.3. The van der Waals surface area contributed by atoms with Gasteiger partial charge in [-0.1, -0.05) is 218 Å². The number of hydrogen-bond acceptors (Lipinski definition) is 3. The standard InChI is InChI=1S/C72H48BN3/c1-7-22-49(23-8-1)53-30-21-35-59(42-53)75-68-46-55(51-26-11-3-12-27-51)38-40-65(68)73-66-45-56(52-28-13-4-14-29-52)44-64-62-37-20-19-36-61(62)63-43-54(50-24-9-2-10-25-50)39-41-67(63)76(72(64)66)70-48-60(47-69(75)71(70)73)74(57-31-15-5-16-32-57)58-33-17-6-18-34-58/h1-48H. The monoisotopic (exact) mass is 965 g/mol. The van der Waals surface area contributed by atoms with Crippen LogP contribution in [-0.4, -0.2) is 6.71 Å². The van der Waals surface area contributed by atoms with Gasteiger partial charge < -0.3 is 14.7 Å². The highest BCUT2D eigenvalue weighted by atomic mass is 15.2. The predicted octanol–water partition coefficient (Wildman–Crippen LogP) is 17.6. The van der Waals surface area contributed by atoms with Crippen LogP contribution in [0.15, 0.2) is 291 Å². The first-order valence-corrected chi connectivity index (χ1v) is 26.3. The van der Waals surface area contributed by atoms with Crippen molar-refractivity contribution in [2.45, 2.75) is 0 Å². The van der Waals surface area contributed by atoms with Crippen LogP contribution in [0.5, 0.6) is 0 Å². The van der Waals surface area contributed by atoms with Gasteiger partial charge in [-0.15, -0.1) is 0 Å². The maximum Gasteiger partial charge on any atom is 0.252 e. The van der Waals surface area contributed by atoms with Gasteiger partial charge in [0.15, 0.2) is 0 Å². The minimum Gasteiger partial charge on any atom is -0.311 e. The zero-order valence-corrected chi connectivity index (χ0v) is 41.6. The van der Waals surface area contributed by atoms with E-state index in [-0.39, 0.29) is 6.71 Å². The summed E-state index contributed by atoms with van der Waals surface area (Å²) in [4.78, 5) is 7.64. The molecule has 0 N–H and O–H groups in total. The number of hydrogen-bond donors (Lipinski definition) is 0. The van der Waals surface area contributed by atoms with Gasteiger partial charge in [0.05, 0.1) is 11.4 Å². The summed E-state index contributed by atoms with van der Waals surface area (Å²) in [5, 5.41) is 0. The summed E-state index contributed by atoms with van der Waals surface area (Å²) in [6, 6.07) is 108. The van der Waals surface area contributed by atoms with E-state index in [0.29, 0.717) is 0 Å². The Morgan fingerprint density at radius 1 is 0.250 bits per heavy atom. The summed E-state index contributed by atoms with van der Waals surface area (Å²) in [5.41, 5.74) is 28.2. The Hall–Kier alpha value is -9.90. The van der Waals surface area contributed by atoms with Crippen molar-refractivity contribution in [2.24, 2.45) is 0 Å². The Bertz CT molecular complexity index is 4130. The van der Waals surface area contributed by atoms with Gasteiger partial charge in [0.1, 0.15) is 0 Å². The van der Waals surface area contributed by atoms with Crippen LogP contribution in [0.1, 0.15) is 0 Å². The Morgan fingerprint density at radius 3 is 1.30 bits per heavy atom. The molecule has 0 spiro atoms. The van der Waals surface area contributed by atoms with Gasteiger partial charge in [-0.25, -0.2) is 0 Å². The van der Waals surface area contributed by atoms with Crippen LogP contribution in [0.2, 0.25) is 0 Å². The molecule has 0 fully saturated rings. The van der Waals surface area contributed by atoms with Gasteiger partial charge in [-0.05, 0) is 145 Å². The highest BCUT2D eigenvalue weighted by molar-refractivity contribution is 7.00. The van der Waals surface area contributed by atoms with Gasteiger partial charge in [0.25, 0.3) is 6.71 Å². The van der Waals surface area contributed by atoms with Crippen molar-refractivity contribution in [3.63, 3.8) is 0 Å². The van der Waals surface area contributed by atoms with Crippen LogP contribution in [-0.2, 0) is 0 Å². The quantitative estimate of drug-likeness (QED) is 0.141. The largest absolute Gasteiger partial charge is 0.311 e. The molecule has 4 heteroatoms. The third-order valence-electron chi connectivity index (χ3n) is 15.7. The molecule has 354 valence electrons. The smallest absolute Gasteiger partial charge is 0.252 e. The average molecular weight is 966 g/mol. The lowest BCUT2D eigenvalue weighted by molar-refractivity contribution is 1.23. The molecular formula is C72H48BN3. The molecular weight excluding hydrogens is 918 g/mol. The van der Waals surface area contributed by atoms with Crippen molar-refractivity contribution >= 4 is 74.3 Å². The maximum absolute atomic E-state index is 2.64. The van der Waals surface area contributed by atoms with Crippen LogP contribution >= 0.6 is 0 Å². The van der Waals surface area contributed by atoms with Crippen LogP contribution in [0.3, 0.4) is 0 Å². The molecule has 76 heavy (non-hydrogen) atoms. The molecule has 0 atom stereocenters. The summed E-state index contributed by atoms with van der Waals surface area (Å²) in [5.74, 6) is 0. The van der Waals surface area contributed by atoms with Crippen molar-refractivity contribution in [3.05, 3.63) is 291 Å². The fraction of sp³-hybridized carbons (Fsp3) is 0. The lowest BCUT2D eigenvalue weighted by Crippen LogP contribution is -2.61. The summed E-state index contributed by atoms with van der Waals surface area (Å²) >= 11 is 0. The first kappa shape index (κ1) is 43.7. The molecule has 12 aromatic carbocycles. The number of para-hydroxylation sites is 2. The fourth-order valence-electron chi connectivity index (χ4n) is 12.3. The van der Waals surface area contributed by atoms with Crippen molar-refractivity contribution in [1.82, 2.24) is 0 Å². The molecule has 0 aliphatic carbocycles. The Morgan fingerprint density at radius 2 is 0.711 bits per heavy atom. The molecule has 12 aromatic rings. The lowest BCUT2D eigenvalue weighted by Gasteiger charge is -2.45. The summed E-state index contributed by atoms with van der Waals surface area (Å²) < 4.78 is 0. The normalized spacial score (nSPS) is 12.4. The third kappa shape index (κ3) is 7.14. The molecule has 0 saturated carbocycles. The Balaban J connectivity index is 1.10. The van der Waals surface area contributed by atoms with E-state index in [1.165, 1.54) is 83.3 Å². The molecule has 0 unspecified atom stereocenters. The van der Waals surface area contributed by atoms with Gasteiger partial charge >= 0.3 is 0 Å². The molecule has 15 rings (SSSR count). The predicted molar refractivity (Wildman–Crippen MR) is 321 cm³/mol. The van der Waals surface area contributed by atoms with Gasteiger partial charge in [0, 0.05) is 50.9 Å². The number of rotatable bonds is 8. The second kappa shape index (κ2) is 17.9. The average Bonchev–Trinajstić information content (AvgIpc) is 3.70. The van der Waals surface area contributed by atoms with E-state index in [9.17, 15) is 0 Å². The molecule has 0 saturated heterocycles. The molecule has 3 aliphatic rings. The summed E-state index contributed by atoms with van der Waals surface area (Å²) in [6.45, 7) is -0.139. The minimum atomic E-state index is -0.139. The molecule has 3 nitrogen and oxygen atoms in total. The number of anilines is 9. The van der Waals surface area contributed by atoms with E-state index in [1.54, 1.807) is 0 Å². The second-order valence-electron chi connectivity index (χ2n) is 20.0. The van der Waals surface area contributed by atoms with E-state index < -0.39 is 0 Å². The number of fused-ring (bicyclic) bond motifs is 9. The SMILES string of the molecule is c1ccc(-c2cccc(N3c4cc(-c5ccccc5)ccc4B4c5cc(-c6ccccc6)cc6c5N(c5ccc(-c7ccccc7)cc5-c5ccccc5-6)c5cc(N(c6ccccc6)c6ccccc6)cc3c54)c2)cc1. The first-order valence-electron chi connectivity index (χ1n) is 26.3. The van der Waals surface area contributed by atoms with E-state index in [2.05, 4.69) is 306 Å². The van der Waals surface area contributed by atoms with E-state index in [1.807, 2.05) is 0 Å². The van der Waals surface area contributed by atoms with E-state index in [4.69, 9.17) is 0 Å². The zero-order valence-electron chi connectivity index (χ0n) is 41.6. The molecule has 0 aromatic heterocycles. The van der Waals surface area contributed by atoms with Crippen LogP contribution < -0.4 is 31.1 Å². The third-order valence-corrected chi connectivity index (χ3v) is 15.7. The van der Waals surface area contributed by atoms with Crippen LogP contribution in [0, 0.1) is 0 Å². The number of nitrogens with zero attached hydrogens (tertiary/aromatic N) is 3. The van der Waals surface area contributed by atoms with E-state index in [0.717, 1.165) is 51.1 Å². The van der Waals surface area contributed by atoms with Gasteiger partial charge in [-0.3, -0.25) is 0 Å². The molecule has 3 aliphatic heterocycles. The lowest BCUT2D eigenvalue weighted by atomic mass is 9.33. The first-order chi connectivity index (χ1) is 37.7. The van der Waals surface area contributed by atoms with Gasteiger partial charge in [0.2, 0.25) is 0 Å². The Labute approximate surface area is 444 Å². The minimum absolute atomic E-state index is 0.139. The second-order valence-corrected chi connectivity index (χ2v) is 20.0. The van der Waals surface area contributed by atoms with Crippen molar-refractivity contribution in [3.8, 4) is 66.8 Å². The molecule has 0 radical (unpaired) electrons. The summed E-state index contributed by atoms with van der Waals surface area (Å²) in [7, 11) is 0. The van der Waals surface area contributed by atoms with Crippen LogP contribution in [0.25, 0.3) is 66.8 Å². The van der Waals surface area contributed by atoms with Crippen molar-refractivity contribution in [2.75, 3.05) is 14.7 Å². The highest BCUT2D eigenvalue weighted by Crippen LogP contribution is 2.56. The number of benzene rings is 12. The molecule has 0 bridgehead atoms. The summed E-state index contributed by atoms with van der Waals surface area (Å²) in [6.07, 6.45) is 0. The van der Waals surface area contributed by atoms with Gasteiger partial charge in [-0.2, -0.15) is 0 Å². The molecule has 3 heterocycles. The fourth-order valence-corrected chi connectivity index (χ4v) is 12.3. The van der Waals surface area contributed by atoms with Crippen molar-refractivity contribution < 1.29 is 0 Å². The zero-order chi connectivity index (χ0) is 50.1. The van der Waals surface area contributed by atoms with E-state index >= 15 is 0 Å². The highest BCUT2D eigenvalue weighted by Gasteiger charge is 2.46. The molecule has 0 amide bonds. The van der Waals surface area contributed by atoms with Crippen molar-refractivity contribution in [1.29, 1.82) is 0 Å². The topological polar surface area (TPSA) is 9.72 Å². The maximum atomic E-state index is 2.64.